The van der Waals surface area contributed by atoms with Gasteiger partial charge in [0.15, 0.2) is 5.78 Å². The molecule has 1 fully saturated rings. The van der Waals surface area contributed by atoms with Crippen molar-refractivity contribution >= 4 is 53.9 Å². The van der Waals surface area contributed by atoms with Crippen LogP contribution < -0.4 is 10.6 Å². The van der Waals surface area contributed by atoms with Gasteiger partial charge in [0.05, 0.1) is 23.6 Å². The van der Waals surface area contributed by atoms with Crippen LogP contribution in [0.25, 0.3) is 0 Å². The van der Waals surface area contributed by atoms with E-state index >= 15 is 0 Å². The highest BCUT2D eigenvalue weighted by Crippen LogP contribution is 2.31. The van der Waals surface area contributed by atoms with E-state index in [2.05, 4.69) is 10.6 Å². The Kier molecular flexibility index (Phi) is 9.34. The second kappa shape index (κ2) is 11.5. The number of nitrogens with one attached hydrogen (secondary N) is 2. The molecule has 8 nitrogen and oxygen atoms in total. The van der Waals surface area contributed by atoms with E-state index in [4.69, 9.17) is 32.5 Å². The first kappa shape index (κ1) is 25.2. The Bertz CT molecular complexity index is 851. The van der Waals surface area contributed by atoms with Crippen molar-refractivity contribution in [2.75, 3.05) is 13.6 Å². The second-order valence-electron chi connectivity index (χ2n) is 7.75. The van der Waals surface area contributed by atoms with Gasteiger partial charge in [0.25, 0.3) is 5.91 Å². The van der Waals surface area contributed by atoms with Crippen molar-refractivity contribution in [2.45, 2.75) is 45.0 Å². The van der Waals surface area contributed by atoms with Crippen LogP contribution >= 0.6 is 23.2 Å². The number of amides is 2. The Morgan fingerprint density at radius 3 is 2.58 bits per heavy atom. The number of benzene rings is 1. The molecule has 168 valence electrons. The van der Waals surface area contributed by atoms with E-state index in [0.717, 1.165) is 0 Å². The largest absolute Gasteiger partial charge is 0.531 e. The minimum atomic E-state index is -1.00. The molecule has 0 unspecified atom stereocenters. The molecule has 1 aromatic carbocycles. The lowest BCUT2D eigenvalue weighted by Crippen LogP contribution is -2.33. The molecule has 0 saturated carbocycles. The van der Waals surface area contributed by atoms with Crippen molar-refractivity contribution in [3.8, 4) is 0 Å². The van der Waals surface area contributed by atoms with Crippen LogP contribution in [-0.4, -0.2) is 50.4 Å². The summed E-state index contributed by atoms with van der Waals surface area (Å²) in [5.41, 5.74) is 0.172. The van der Waals surface area contributed by atoms with Crippen molar-refractivity contribution in [3.63, 3.8) is 0 Å². The first-order valence-electron chi connectivity index (χ1n) is 9.92. The van der Waals surface area contributed by atoms with Crippen LogP contribution in [0.4, 0.5) is 0 Å². The van der Waals surface area contributed by atoms with Crippen molar-refractivity contribution < 1.29 is 28.5 Å². The van der Waals surface area contributed by atoms with Crippen LogP contribution in [0.1, 0.15) is 43.5 Å². The van der Waals surface area contributed by atoms with Crippen LogP contribution in [0.2, 0.25) is 15.9 Å². The number of halogens is 2. The molecule has 0 bridgehead atoms. The van der Waals surface area contributed by atoms with Gasteiger partial charge >= 0.3 is 13.1 Å². The molecule has 1 aliphatic rings. The molecule has 0 aromatic heterocycles. The molecule has 0 spiro atoms. The molecule has 2 rings (SSSR count). The van der Waals surface area contributed by atoms with E-state index < -0.39 is 30.9 Å². The monoisotopic (exact) mass is 470 g/mol. The van der Waals surface area contributed by atoms with E-state index in [1.807, 2.05) is 13.8 Å². The fourth-order valence-corrected chi connectivity index (χ4v) is 3.63. The van der Waals surface area contributed by atoms with Crippen LogP contribution in [-0.2, 0) is 23.7 Å². The smallest absolute Gasteiger partial charge is 0.507 e. The van der Waals surface area contributed by atoms with Crippen LogP contribution in [0.3, 0.4) is 0 Å². The zero-order valence-corrected chi connectivity index (χ0v) is 19.1. The number of carbonyl (C=O) groups excluding carboxylic acids is 4. The summed E-state index contributed by atoms with van der Waals surface area (Å²) in [4.78, 5) is 48.4. The minimum absolute atomic E-state index is 0.0341. The summed E-state index contributed by atoms with van der Waals surface area (Å²) in [5, 5.41) is 5.54. The van der Waals surface area contributed by atoms with Gasteiger partial charge in [-0.05, 0) is 30.5 Å². The number of hydrogen-bond acceptors (Lipinski definition) is 6. The van der Waals surface area contributed by atoms with Gasteiger partial charge in [0.1, 0.15) is 6.10 Å². The van der Waals surface area contributed by atoms with Gasteiger partial charge < -0.3 is 19.9 Å². The molecule has 2 atom stereocenters. The molecule has 1 aromatic rings. The molecule has 2 amide bonds. The highest BCUT2D eigenvalue weighted by Gasteiger charge is 2.46. The molecule has 2 N–H and O–H groups in total. The van der Waals surface area contributed by atoms with Crippen molar-refractivity contribution in [3.05, 3.63) is 33.8 Å². The number of hydrogen-bond donors (Lipinski definition) is 2. The average molecular weight is 471 g/mol. The quantitative estimate of drug-likeness (QED) is 0.508. The van der Waals surface area contributed by atoms with Gasteiger partial charge in [-0.1, -0.05) is 37.0 Å². The molecule has 0 radical (unpaired) electrons. The maximum Gasteiger partial charge on any atom is 0.531 e. The number of Topliss-reactive ketones (excluding diaryl/α,β-unsaturated/α-hetero) is 1. The van der Waals surface area contributed by atoms with Crippen molar-refractivity contribution in [1.82, 2.24) is 10.6 Å². The standard InChI is InChI=1S/C20H25BCl2N2O6/c1-11(2)6-12(21-30-17(20(29)31-21)9-18(27)24-3)7-14(26)10-25-19(28)15-8-13(22)4-5-16(15)23/h4-5,8,11-12,17H,6-7,9-10H2,1-3H3,(H,24,27)(H,25,28)/t12-,17-/m1/s1. The lowest BCUT2D eigenvalue weighted by molar-refractivity contribution is -0.138. The predicted molar refractivity (Wildman–Crippen MR) is 117 cm³/mol. The topological polar surface area (TPSA) is 111 Å². The van der Waals surface area contributed by atoms with Crippen LogP contribution in [0, 0.1) is 5.92 Å². The number of ketones is 1. The molecule has 1 aliphatic heterocycles. The summed E-state index contributed by atoms with van der Waals surface area (Å²) < 4.78 is 10.9. The lowest BCUT2D eigenvalue weighted by atomic mass is 9.66. The maximum atomic E-state index is 12.5. The Labute approximate surface area is 191 Å². The summed E-state index contributed by atoms with van der Waals surface area (Å²) in [6, 6.07) is 4.48. The molecule has 31 heavy (non-hydrogen) atoms. The predicted octanol–water partition coefficient (Wildman–Crippen LogP) is 2.67. The summed E-state index contributed by atoms with van der Waals surface area (Å²) in [5.74, 6) is -1.95. The SMILES string of the molecule is CNC(=O)C[C@H]1OB([C@@H](CC(=O)CNC(=O)c2cc(Cl)ccc2Cl)CC(C)C)OC1=O. The summed E-state index contributed by atoms with van der Waals surface area (Å²) >= 11 is 11.9. The van der Waals surface area contributed by atoms with E-state index in [0.29, 0.717) is 11.4 Å². The Hall–Kier alpha value is -2.10. The highest BCUT2D eigenvalue weighted by atomic mass is 35.5. The van der Waals surface area contributed by atoms with Crippen molar-refractivity contribution in [1.29, 1.82) is 0 Å². The first-order valence-corrected chi connectivity index (χ1v) is 10.7. The Morgan fingerprint density at radius 2 is 1.94 bits per heavy atom. The average Bonchev–Trinajstić information content (AvgIpc) is 3.07. The van der Waals surface area contributed by atoms with Crippen LogP contribution in [0.5, 0.6) is 0 Å². The van der Waals surface area contributed by atoms with Crippen LogP contribution in [0.15, 0.2) is 18.2 Å². The minimum Gasteiger partial charge on any atom is -0.507 e. The lowest BCUT2D eigenvalue weighted by Gasteiger charge is -2.19. The maximum absolute atomic E-state index is 12.5. The molecular weight excluding hydrogens is 446 g/mol. The second-order valence-corrected chi connectivity index (χ2v) is 8.59. The normalized spacial score (nSPS) is 16.8. The first-order chi connectivity index (χ1) is 14.6. The number of rotatable bonds is 10. The van der Waals surface area contributed by atoms with E-state index in [1.54, 1.807) is 6.07 Å². The molecule has 1 heterocycles. The van der Waals surface area contributed by atoms with Gasteiger partial charge in [0.2, 0.25) is 5.91 Å². The summed E-state index contributed by atoms with van der Waals surface area (Å²) in [6.07, 6.45) is -0.555. The third-order valence-corrected chi connectivity index (χ3v) is 5.28. The zero-order chi connectivity index (χ0) is 23.1. The van der Waals surface area contributed by atoms with Gasteiger partial charge in [0, 0.05) is 24.3 Å². The molecule has 1 saturated heterocycles. The molecular formula is C20H25BCl2N2O6. The Morgan fingerprint density at radius 1 is 1.23 bits per heavy atom. The van der Waals surface area contributed by atoms with Gasteiger partial charge in [-0.25, -0.2) is 0 Å². The van der Waals surface area contributed by atoms with E-state index in [-0.39, 0.29) is 47.6 Å². The zero-order valence-electron chi connectivity index (χ0n) is 17.6. The van der Waals surface area contributed by atoms with Gasteiger partial charge in [-0.3, -0.25) is 19.2 Å². The summed E-state index contributed by atoms with van der Waals surface area (Å²) in [7, 11) is 0.539. The van der Waals surface area contributed by atoms with E-state index in [9.17, 15) is 19.2 Å². The van der Waals surface area contributed by atoms with Gasteiger partial charge in [-0.2, -0.15) is 0 Å². The summed E-state index contributed by atoms with van der Waals surface area (Å²) in [6.45, 7) is 3.72. The third kappa shape index (κ3) is 7.52. The van der Waals surface area contributed by atoms with E-state index in [1.165, 1.54) is 19.2 Å². The van der Waals surface area contributed by atoms with Gasteiger partial charge in [-0.15, -0.1) is 0 Å². The third-order valence-electron chi connectivity index (χ3n) is 4.71. The highest BCUT2D eigenvalue weighted by molar-refractivity contribution is 6.51. The molecule has 11 heteroatoms. The number of carbonyl (C=O) groups is 4. The Balaban J connectivity index is 1.96. The fraction of sp³-hybridized carbons (Fsp3) is 0.500. The van der Waals surface area contributed by atoms with Crippen molar-refractivity contribution in [2.24, 2.45) is 5.92 Å². The molecule has 0 aliphatic carbocycles. The fourth-order valence-electron chi connectivity index (χ4n) is 3.25.